The lowest BCUT2D eigenvalue weighted by Crippen LogP contribution is -2.45. The van der Waals surface area contributed by atoms with Crippen molar-refractivity contribution in [2.75, 3.05) is 26.2 Å². The van der Waals surface area contributed by atoms with Crippen LogP contribution in [0.2, 0.25) is 0 Å². The largest absolute Gasteiger partial charge is 0.480 e. The molecule has 7 nitrogen and oxygen atoms in total. The number of piperidine rings is 1. The molecular formula is C18H26N2O5S. The summed E-state index contributed by atoms with van der Waals surface area (Å²) in [5, 5.41) is 8.97. The van der Waals surface area contributed by atoms with Crippen LogP contribution < -0.4 is 0 Å². The molecule has 0 saturated carbocycles. The predicted octanol–water partition coefficient (Wildman–Crippen LogP) is 1.72. The first kappa shape index (κ1) is 20.4. The van der Waals surface area contributed by atoms with Crippen molar-refractivity contribution in [1.29, 1.82) is 0 Å². The molecule has 1 fully saturated rings. The molecule has 144 valence electrons. The number of hydrogen-bond acceptors (Lipinski definition) is 4. The van der Waals surface area contributed by atoms with Gasteiger partial charge in [-0.05, 0) is 38.3 Å². The van der Waals surface area contributed by atoms with Crippen molar-refractivity contribution in [3.05, 3.63) is 29.8 Å². The highest BCUT2D eigenvalue weighted by atomic mass is 32.2. The fourth-order valence-electron chi connectivity index (χ4n) is 3.16. The average Bonchev–Trinajstić information content (AvgIpc) is 2.61. The summed E-state index contributed by atoms with van der Waals surface area (Å²) in [5.74, 6) is -1.56. The summed E-state index contributed by atoms with van der Waals surface area (Å²) in [6.45, 7) is 4.40. The molecule has 26 heavy (non-hydrogen) atoms. The Hall–Kier alpha value is -1.93. The van der Waals surface area contributed by atoms with E-state index in [1.54, 1.807) is 24.3 Å². The van der Waals surface area contributed by atoms with Crippen molar-refractivity contribution in [2.45, 2.75) is 38.0 Å². The number of aryl methyl sites for hydroxylation is 1. The fraction of sp³-hybridized carbons (Fsp3) is 0.556. The number of sulfonamides is 1. The zero-order chi connectivity index (χ0) is 19.3. The molecule has 1 N–H and O–H groups in total. The van der Waals surface area contributed by atoms with Crippen LogP contribution >= 0.6 is 0 Å². The Morgan fingerprint density at radius 3 is 2.27 bits per heavy atom. The quantitative estimate of drug-likeness (QED) is 0.775. The maximum absolute atomic E-state index is 12.7. The summed E-state index contributed by atoms with van der Waals surface area (Å²) in [5.41, 5.74) is 0.989. The highest BCUT2D eigenvalue weighted by molar-refractivity contribution is 7.89. The van der Waals surface area contributed by atoms with Crippen LogP contribution in [0.3, 0.4) is 0 Å². The van der Waals surface area contributed by atoms with Crippen LogP contribution in [0.1, 0.15) is 31.7 Å². The van der Waals surface area contributed by atoms with E-state index in [1.165, 1.54) is 9.21 Å². The maximum Gasteiger partial charge on any atom is 0.323 e. The lowest BCUT2D eigenvalue weighted by Gasteiger charge is -2.33. The number of rotatable bonds is 7. The molecule has 1 aliphatic heterocycles. The van der Waals surface area contributed by atoms with Gasteiger partial charge in [0.25, 0.3) is 0 Å². The molecule has 1 saturated heterocycles. The van der Waals surface area contributed by atoms with Gasteiger partial charge < -0.3 is 10.0 Å². The number of carbonyl (C=O) groups is 2. The van der Waals surface area contributed by atoms with Crippen molar-refractivity contribution in [1.82, 2.24) is 9.21 Å². The minimum absolute atomic E-state index is 0.193. The van der Waals surface area contributed by atoms with E-state index in [1.807, 2.05) is 13.8 Å². The highest BCUT2D eigenvalue weighted by Gasteiger charge is 2.34. The van der Waals surface area contributed by atoms with Crippen molar-refractivity contribution < 1.29 is 23.1 Å². The molecule has 1 heterocycles. The van der Waals surface area contributed by atoms with Gasteiger partial charge in [-0.2, -0.15) is 4.31 Å². The van der Waals surface area contributed by atoms with Crippen LogP contribution in [-0.4, -0.2) is 60.8 Å². The molecule has 1 aromatic carbocycles. The monoisotopic (exact) mass is 382 g/mol. The van der Waals surface area contributed by atoms with Gasteiger partial charge in [-0.25, -0.2) is 8.42 Å². The number of amides is 1. The summed E-state index contributed by atoms with van der Waals surface area (Å²) in [6.07, 6.45) is 1.49. The SMILES string of the molecule is CCCN(CC(=O)O)C(=O)C1CCN(S(=O)(=O)c2ccc(C)cc2)CC1. The Morgan fingerprint density at radius 2 is 1.77 bits per heavy atom. The van der Waals surface area contributed by atoms with Crippen molar-refractivity contribution in [2.24, 2.45) is 5.92 Å². The lowest BCUT2D eigenvalue weighted by atomic mass is 9.96. The molecule has 0 unspecified atom stereocenters. The summed E-state index contributed by atoms with van der Waals surface area (Å²) in [6, 6.07) is 6.71. The van der Waals surface area contributed by atoms with Crippen molar-refractivity contribution in [3.63, 3.8) is 0 Å². The van der Waals surface area contributed by atoms with E-state index in [4.69, 9.17) is 5.11 Å². The Kier molecular flexibility index (Phi) is 6.77. The Labute approximate surface area is 154 Å². The number of carbonyl (C=O) groups excluding carboxylic acids is 1. The Morgan fingerprint density at radius 1 is 1.19 bits per heavy atom. The normalized spacial score (nSPS) is 16.4. The number of carboxylic acid groups (broad SMARTS) is 1. The molecule has 0 bridgehead atoms. The van der Waals surface area contributed by atoms with Gasteiger partial charge in [0, 0.05) is 25.6 Å². The first-order chi connectivity index (χ1) is 12.3. The average molecular weight is 382 g/mol. The molecular weight excluding hydrogens is 356 g/mol. The summed E-state index contributed by atoms with van der Waals surface area (Å²) >= 11 is 0. The minimum Gasteiger partial charge on any atom is -0.480 e. The predicted molar refractivity (Wildman–Crippen MR) is 97.2 cm³/mol. The number of benzene rings is 1. The van der Waals surface area contributed by atoms with Crippen molar-refractivity contribution in [3.8, 4) is 0 Å². The topological polar surface area (TPSA) is 95.0 Å². The molecule has 0 aromatic heterocycles. The second kappa shape index (κ2) is 8.64. The molecule has 1 aromatic rings. The molecule has 1 amide bonds. The van der Waals surface area contributed by atoms with Crippen LogP contribution in [0.25, 0.3) is 0 Å². The van der Waals surface area contributed by atoms with Crippen LogP contribution in [0.5, 0.6) is 0 Å². The molecule has 0 spiro atoms. The summed E-state index contributed by atoms with van der Waals surface area (Å²) in [4.78, 5) is 25.2. The van der Waals surface area contributed by atoms with Crippen molar-refractivity contribution >= 4 is 21.9 Å². The first-order valence-corrected chi connectivity index (χ1v) is 10.3. The zero-order valence-corrected chi connectivity index (χ0v) is 16.0. The second-order valence-electron chi connectivity index (χ2n) is 6.64. The maximum atomic E-state index is 12.7. The van der Waals surface area contributed by atoms with E-state index < -0.39 is 16.0 Å². The Balaban J connectivity index is 2.02. The number of aliphatic carboxylic acids is 1. The smallest absolute Gasteiger partial charge is 0.323 e. The minimum atomic E-state index is -3.56. The number of hydrogen-bond donors (Lipinski definition) is 1. The van der Waals surface area contributed by atoms with Crippen LogP contribution in [-0.2, 0) is 19.6 Å². The van der Waals surface area contributed by atoms with Gasteiger partial charge >= 0.3 is 5.97 Å². The van der Waals surface area contributed by atoms with Gasteiger partial charge in [-0.15, -0.1) is 0 Å². The van der Waals surface area contributed by atoms with Gasteiger partial charge in [0.2, 0.25) is 15.9 Å². The third kappa shape index (κ3) is 4.82. The standard InChI is InChI=1S/C18H26N2O5S/c1-3-10-19(13-17(21)22)18(23)15-8-11-20(12-9-15)26(24,25)16-6-4-14(2)5-7-16/h4-7,15H,3,8-13H2,1-2H3,(H,21,22). The number of nitrogens with zero attached hydrogens (tertiary/aromatic N) is 2. The van der Waals surface area contributed by atoms with E-state index in [0.29, 0.717) is 25.8 Å². The van der Waals surface area contributed by atoms with Crippen LogP contribution in [0.4, 0.5) is 0 Å². The van der Waals surface area contributed by atoms with Crippen LogP contribution in [0.15, 0.2) is 29.2 Å². The molecule has 2 rings (SSSR count). The molecule has 0 aliphatic carbocycles. The third-order valence-electron chi connectivity index (χ3n) is 4.59. The van der Waals surface area contributed by atoms with E-state index in [-0.39, 0.29) is 36.4 Å². The van der Waals surface area contributed by atoms with E-state index in [9.17, 15) is 18.0 Å². The van der Waals surface area contributed by atoms with E-state index in [0.717, 1.165) is 5.56 Å². The third-order valence-corrected chi connectivity index (χ3v) is 6.51. The van der Waals surface area contributed by atoms with Crippen LogP contribution in [0, 0.1) is 12.8 Å². The van der Waals surface area contributed by atoms with Gasteiger partial charge in [0.1, 0.15) is 6.54 Å². The zero-order valence-electron chi connectivity index (χ0n) is 15.2. The second-order valence-corrected chi connectivity index (χ2v) is 8.58. The summed E-state index contributed by atoms with van der Waals surface area (Å²) < 4.78 is 26.8. The fourth-order valence-corrected chi connectivity index (χ4v) is 4.63. The van der Waals surface area contributed by atoms with E-state index in [2.05, 4.69) is 0 Å². The lowest BCUT2D eigenvalue weighted by molar-refractivity contribution is -0.146. The Bertz CT molecular complexity index is 737. The van der Waals surface area contributed by atoms with Gasteiger partial charge in [-0.3, -0.25) is 9.59 Å². The number of carboxylic acids is 1. The van der Waals surface area contributed by atoms with Gasteiger partial charge in [-0.1, -0.05) is 24.6 Å². The first-order valence-electron chi connectivity index (χ1n) is 8.83. The molecule has 0 radical (unpaired) electrons. The molecule has 8 heteroatoms. The summed E-state index contributed by atoms with van der Waals surface area (Å²) in [7, 11) is -3.56. The van der Waals surface area contributed by atoms with Gasteiger partial charge in [0.15, 0.2) is 0 Å². The molecule has 1 aliphatic rings. The molecule has 0 atom stereocenters. The highest BCUT2D eigenvalue weighted by Crippen LogP contribution is 2.25. The van der Waals surface area contributed by atoms with Gasteiger partial charge in [0.05, 0.1) is 4.90 Å². The van der Waals surface area contributed by atoms with E-state index >= 15 is 0 Å².